The van der Waals surface area contributed by atoms with Crippen molar-refractivity contribution < 1.29 is 18.0 Å². The van der Waals surface area contributed by atoms with Crippen molar-refractivity contribution in [2.24, 2.45) is 0 Å². The van der Waals surface area contributed by atoms with Gasteiger partial charge in [0.15, 0.2) is 0 Å². The van der Waals surface area contributed by atoms with E-state index in [1.54, 1.807) is 38.2 Å². The number of fused-ring (bicyclic) bond motifs is 1. The number of carbonyl (C=O) groups is 1. The minimum Gasteiger partial charge on any atom is -0.361 e. The summed E-state index contributed by atoms with van der Waals surface area (Å²) in [5.74, 6) is 0. The Kier molecular flexibility index (Phi) is 5.06. The molecule has 1 aromatic heterocycles. The van der Waals surface area contributed by atoms with Gasteiger partial charge in [-0.25, -0.2) is 4.79 Å². The Hall–Kier alpha value is -2.67. The first kappa shape index (κ1) is 19.1. The maximum absolute atomic E-state index is 13.0. The van der Waals surface area contributed by atoms with Gasteiger partial charge in [-0.3, -0.25) is 0 Å². The minimum absolute atomic E-state index is 0.371. The number of benzene rings is 2. The highest BCUT2D eigenvalue weighted by molar-refractivity contribution is 6.35. The van der Waals surface area contributed by atoms with Crippen LogP contribution < -0.4 is 10.6 Å². The molecule has 1 unspecified atom stereocenters. The highest BCUT2D eigenvalue weighted by Gasteiger charge is 2.31. The SMILES string of the molecule is Cc1cc(C(C)NC(=O)Nc2cc(Cl)c3cc[nH]c3c2)cc(C(F)(F)F)c1. The lowest BCUT2D eigenvalue weighted by atomic mass is 10.0. The van der Waals surface area contributed by atoms with Crippen LogP contribution in [0.3, 0.4) is 0 Å². The predicted octanol–water partition coefficient (Wildman–Crippen LogP) is 6.03. The summed E-state index contributed by atoms with van der Waals surface area (Å²) >= 11 is 6.17. The van der Waals surface area contributed by atoms with E-state index in [2.05, 4.69) is 15.6 Å². The minimum atomic E-state index is -4.44. The van der Waals surface area contributed by atoms with Gasteiger partial charge in [-0.1, -0.05) is 23.2 Å². The molecule has 0 saturated carbocycles. The van der Waals surface area contributed by atoms with Crippen molar-refractivity contribution in [3.05, 3.63) is 64.3 Å². The van der Waals surface area contributed by atoms with Gasteiger partial charge in [0.25, 0.3) is 0 Å². The molecule has 0 saturated heterocycles. The molecule has 0 fully saturated rings. The van der Waals surface area contributed by atoms with E-state index in [0.29, 0.717) is 21.8 Å². The number of aromatic nitrogens is 1. The van der Waals surface area contributed by atoms with E-state index in [0.717, 1.165) is 23.0 Å². The van der Waals surface area contributed by atoms with Crippen LogP contribution in [-0.4, -0.2) is 11.0 Å². The second-order valence-corrected chi connectivity index (χ2v) is 6.75. The van der Waals surface area contributed by atoms with Crippen LogP contribution in [0.1, 0.15) is 29.7 Å². The lowest BCUT2D eigenvalue weighted by molar-refractivity contribution is -0.137. The zero-order valence-electron chi connectivity index (χ0n) is 14.5. The maximum atomic E-state index is 13.0. The van der Waals surface area contributed by atoms with Gasteiger partial charge in [-0.2, -0.15) is 13.2 Å². The molecule has 0 aliphatic rings. The number of H-pyrrole nitrogens is 1. The van der Waals surface area contributed by atoms with Gasteiger partial charge in [-0.05, 0) is 49.7 Å². The summed E-state index contributed by atoms with van der Waals surface area (Å²) in [5.41, 5.74) is 1.34. The number of halogens is 4. The number of rotatable bonds is 3. The molecule has 142 valence electrons. The van der Waals surface area contributed by atoms with Crippen molar-refractivity contribution in [3.8, 4) is 0 Å². The smallest absolute Gasteiger partial charge is 0.361 e. The largest absolute Gasteiger partial charge is 0.416 e. The van der Waals surface area contributed by atoms with Crippen LogP contribution in [0, 0.1) is 6.92 Å². The lowest BCUT2D eigenvalue weighted by Gasteiger charge is -2.18. The summed E-state index contributed by atoms with van der Waals surface area (Å²) in [6, 6.07) is 7.72. The summed E-state index contributed by atoms with van der Waals surface area (Å²) in [6.07, 6.45) is -2.70. The standard InChI is InChI=1S/C19H17ClF3N3O/c1-10-5-12(7-13(6-10)19(21,22)23)11(2)25-18(27)26-14-8-16(20)15-3-4-24-17(15)9-14/h3-9,11,24H,1-2H3,(H2,25,26,27). The van der Waals surface area contributed by atoms with E-state index in [-0.39, 0.29) is 0 Å². The van der Waals surface area contributed by atoms with Crippen molar-refractivity contribution >= 4 is 34.2 Å². The molecule has 27 heavy (non-hydrogen) atoms. The third-order valence-corrected chi connectivity index (χ3v) is 4.46. The highest BCUT2D eigenvalue weighted by Crippen LogP contribution is 2.32. The molecular weight excluding hydrogens is 379 g/mol. The number of anilines is 1. The second-order valence-electron chi connectivity index (χ2n) is 6.35. The number of amides is 2. The fraction of sp³-hybridized carbons (Fsp3) is 0.211. The number of alkyl halides is 3. The van der Waals surface area contributed by atoms with Crippen molar-refractivity contribution in [1.82, 2.24) is 10.3 Å². The normalized spacial score (nSPS) is 12.8. The number of carbonyl (C=O) groups excluding carboxylic acids is 1. The lowest BCUT2D eigenvalue weighted by Crippen LogP contribution is -2.31. The number of aromatic amines is 1. The van der Waals surface area contributed by atoms with Crippen LogP contribution in [0.25, 0.3) is 10.9 Å². The average Bonchev–Trinajstić information content (AvgIpc) is 3.02. The van der Waals surface area contributed by atoms with E-state index in [1.165, 1.54) is 0 Å². The van der Waals surface area contributed by atoms with Crippen molar-refractivity contribution in [3.63, 3.8) is 0 Å². The van der Waals surface area contributed by atoms with Crippen LogP contribution in [0.5, 0.6) is 0 Å². The molecule has 3 N–H and O–H groups in total. The Bertz CT molecular complexity index is 998. The quantitative estimate of drug-likeness (QED) is 0.498. The van der Waals surface area contributed by atoms with Crippen LogP contribution in [-0.2, 0) is 6.18 Å². The third kappa shape index (κ3) is 4.36. The van der Waals surface area contributed by atoms with Crippen LogP contribution >= 0.6 is 11.6 Å². The van der Waals surface area contributed by atoms with E-state index in [9.17, 15) is 18.0 Å². The molecule has 0 bridgehead atoms. The van der Waals surface area contributed by atoms with Crippen molar-refractivity contribution in [2.45, 2.75) is 26.1 Å². The Morgan fingerprint density at radius 1 is 1.19 bits per heavy atom. The summed E-state index contributed by atoms with van der Waals surface area (Å²) in [5, 5.41) is 6.60. The fourth-order valence-electron chi connectivity index (χ4n) is 2.87. The van der Waals surface area contributed by atoms with E-state index in [4.69, 9.17) is 11.6 Å². The Balaban J connectivity index is 1.74. The molecule has 3 aromatic rings. The van der Waals surface area contributed by atoms with Crippen LogP contribution in [0.4, 0.5) is 23.7 Å². The summed E-state index contributed by atoms with van der Waals surface area (Å²) < 4.78 is 39.0. The van der Waals surface area contributed by atoms with Gasteiger partial charge < -0.3 is 15.6 Å². The molecule has 1 heterocycles. The Labute approximate surface area is 158 Å². The number of aryl methyl sites for hydroxylation is 1. The first-order valence-corrected chi connectivity index (χ1v) is 8.54. The van der Waals surface area contributed by atoms with E-state index in [1.807, 2.05) is 6.07 Å². The highest BCUT2D eigenvalue weighted by atomic mass is 35.5. The molecule has 3 rings (SSSR count). The molecule has 2 amide bonds. The number of hydrogen-bond acceptors (Lipinski definition) is 1. The molecule has 0 aliphatic carbocycles. The summed E-state index contributed by atoms with van der Waals surface area (Å²) in [4.78, 5) is 15.3. The first-order chi connectivity index (χ1) is 12.6. The Morgan fingerprint density at radius 2 is 1.93 bits per heavy atom. The average molecular weight is 396 g/mol. The fourth-order valence-corrected chi connectivity index (χ4v) is 3.15. The molecule has 0 aliphatic heterocycles. The van der Waals surface area contributed by atoms with Gasteiger partial charge in [0.05, 0.1) is 16.6 Å². The molecule has 2 aromatic carbocycles. The summed E-state index contributed by atoms with van der Waals surface area (Å²) in [7, 11) is 0. The van der Waals surface area contributed by atoms with E-state index < -0.39 is 23.8 Å². The maximum Gasteiger partial charge on any atom is 0.416 e. The molecule has 8 heteroatoms. The van der Waals surface area contributed by atoms with E-state index >= 15 is 0 Å². The van der Waals surface area contributed by atoms with Gasteiger partial charge in [0, 0.05) is 22.8 Å². The van der Waals surface area contributed by atoms with Crippen molar-refractivity contribution in [1.29, 1.82) is 0 Å². The summed E-state index contributed by atoms with van der Waals surface area (Å²) in [6.45, 7) is 3.20. The van der Waals surface area contributed by atoms with Gasteiger partial charge >= 0.3 is 12.2 Å². The number of urea groups is 1. The molecule has 4 nitrogen and oxygen atoms in total. The number of nitrogens with one attached hydrogen (secondary N) is 3. The Morgan fingerprint density at radius 3 is 2.63 bits per heavy atom. The molecule has 0 radical (unpaired) electrons. The zero-order chi connectivity index (χ0) is 19.8. The monoisotopic (exact) mass is 395 g/mol. The van der Waals surface area contributed by atoms with Gasteiger partial charge in [0.1, 0.15) is 0 Å². The molecular formula is C19H17ClF3N3O. The van der Waals surface area contributed by atoms with Gasteiger partial charge in [0.2, 0.25) is 0 Å². The number of hydrogen-bond donors (Lipinski definition) is 3. The topological polar surface area (TPSA) is 56.9 Å². The molecule has 1 atom stereocenters. The predicted molar refractivity (Wildman–Crippen MR) is 100 cm³/mol. The third-order valence-electron chi connectivity index (χ3n) is 4.15. The second kappa shape index (κ2) is 7.15. The first-order valence-electron chi connectivity index (χ1n) is 8.16. The van der Waals surface area contributed by atoms with Crippen molar-refractivity contribution in [2.75, 3.05) is 5.32 Å². The molecule has 0 spiro atoms. The van der Waals surface area contributed by atoms with Crippen LogP contribution in [0.15, 0.2) is 42.6 Å². The van der Waals surface area contributed by atoms with Gasteiger partial charge in [-0.15, -0.1) is 0 Å². The zero-order valence-corrected chi connectivity index (χ0v) is 15.3. The van der Waals surface area contributed by atoms with Crippen LogP contribution in [0.2, 0.25) is 5.02 Å².